The van der Waals surface area contributed by atoms with Gasteiger partial charge in [0, 0.05) is 28.0 Å². The Hall–Kier alpha value is -3.25. The maximum atomic E-state index is 12.9. The van der Waals surface area contributed by atoms with Crippen LogP contribution in [0.25, 0.3) is 22.3 Å². The smallest absolute Gasteiger partial charge is 0.338 e. The summed E-state index contributed by atoms with van der Waals surface area (Å²) >= 11 is 0. The third kappa shape index (κ3) is 3.76. The summed E-state index contributed by atoms with van der Waals surface area (Å²) in [5.74, 6) is -0.103. The average Bonchev–Trinajstić information content (AvgIpc) is 3.53. The number of allylic oxidation sites excluding steroid dienone is 1. The van der Waals surface area contributed by atoms with Crippen LogP contribution in [-0.4, -0.2) is 31.4 Å². The summed E-state index contributed by atoms with van der Waals surface area (Å²) in [5.41, 5.74) is 11.5. The van der Waals surface area contributed by atoms with Gasteiger partial charge in [-0.3, -0.25) is 5.32 Å². The number of nitrogens with one attached hydrogen (secondary N) is 1. The van der Waals surface area contributed by atoms with E-state index in [0.29, 0.717) is 18.7 Å². The summed E-state index contributed by atoms with van der Waals surface area (Å²) in [6, 6.07) is 14.6. The first-order valence-corrected chi connectivity index (χ1v) is 13.1. The van der Waals surface area contributed by atoms with Crippen LogP contribution in [0, 0.1) is 0 Å². The number of esters is 1. The first-order valence-electron chi connectivity index (χ1n) is 13.1. The van der Waals surface area contributed by atoms with Crippen LogP contribution in [0.2, 0.25) is 0 Å². The van der Waals surface area contributed by atoms with Crippen molar-refractivity contribution in [3.05, 3.63) is 94.1 Å². The molecule has 2 aliphatic carbocycles. The first-order chi connectivity index (χ1) is 18.0. The highest BCUT2D eigenvalue weighted by Gasteiger charge is 2.45. The molecule has 0 saturated carbocycles. The van der Waals surface area contributed by atoms with Gasteiger partial charge in [-0.1, -0.05) is 36.4 Å². The maximum absolute atomic E-state index is 12.9. The third-order valence-corrected chi connectivity index (χ3v) is 8.20. The zero-order valence-electron chi connectivity index (χ0n) is 21.5. The van der Waals surface area contributed by atoms with E-state index in [0.717, 1.165) is 42.4 Å². The predicted octanol–water partition coefficient (Wildman–Crippen LogP) is 6.29. The molecule has 3 aromatic carbocycles. The van der Waals surface area contributed by atoms with Gasteiger partial charge in [0.1, 0.15) is 12.3 Å². The fraction of sp³-hybridized carbons (Fsp3) is 0.344. The molecule has 0 spiro atoms. The van der Waals surface area contributed by atoms with Crippen LogP contribution >= 0.6 is 0 Å². The molecule has 0 aromatic heterocycles. The lowest BCUT2D eigenvalue weighted by Crippen LogP contribution is -2.32. The lowest BCUT2D eigenvalue weighted by atomic mass is 9.81. The Labute approximate surface area is 221 Å². The molecule has 3 aliphatic rings. The minimum absolute atomic E-state index is 0. The monoisotopic (exact) mass is 499 g/mol. The molecule has 0 amide bonds. The van der Waals surface area contributed by atoms with E-state index in [1.165, 1.54) is 38.9 Å². The van der Waals surface area contributed by atoms with Gasteiger partial charge in [0.15, 0.2) is 0 Å². The zero-order valence-corrected chi connectivity index (χ0v) is 21.5. The summed E-state index contributed by atoms with van der Waals surface area (Å²) < 4.78 is 10.5. The lowest BCUT2D eigenvalue weighted by molar-refractivity contribution is 0.0314. The second kappa shape index (κ2) is 9.25. The van der Waals surface area contributed by atoms with Crippen molar-refractivity contribution in [2.24, 2.45) is 0 Å². The predicted molar refractivity (Wildman–Crippen MR) is 149 cm³/mol. The molecule has 5 nitrogen and oxygen atoms in total. The molecule has 6 rings (SSSR count). The Bertz CT molecular complexity index is 1430. The van der Waals surface area contributed by atoms with Crippen molar-refractivity contribution in [3.63, 3.8) is 0 Å². The van der Waals surface area contributed by atoms with Gasteiger partial charge in [-0.2, -0.15) is 0 Å². The van der Waals surface area contributed by atoms with Crippen LogP contribution < -0.4 is 5.32 Å². The molecule has 1 heterocycles. The van der Waals surface area contributed by atoms with E-state index in [2.05, 4.69) is 42.2 Å². The zero-order chi connectivity index (χ0) is 25.7. The Balaban J connectivity index is 0.00000176. The average molecular weight is 500 g/mol. The van der Waals surface area contributed by atoms with Gasteiger partial charge < -0.3 is 14.6 Å². The van der Waals surface area contributed by atoms with Gasteiger partial charge in [0.2, 0.25) is 0 Å². The van der Waals surface area contributed by atoms with E-state index >= 15 is 0 Å². The highest BCUT2D eigenvalue weighted by molar-refractivity contribution is 5.97. The molecule has 0 bridgehead atoms. The van der Waals surface area contributed by atoms with Crippen LogP contribution in [0.3, 0.4) is 0 Å². The number of carbonyl (C=O) groups is 1. The number of methoxy groups -OCH3 is 1. The van der Waals surface area contributed by atoms with Crippen LogP contribution in [0.1, 0.15) is 78.7 Å². The van der Waals surface area contributed by atoms with Gasteiger partial charge in [-0.25, -0.2) is 4.79 Å². The van der Waals surface area contributed by atoms with E-state index in [1.54, 1.807) is 7.11 Å². The number of ether oxygens (including phenoxy) is 2. The molecule has 2 atom stereocenters. The summed E-state index contributed by atoms with van der Waals surface area (Å²) in [5, 5.41) is 14.9. The normalized spacial score (nSPS) is 20.1. The first kappa shape index (κ1) is 24.1. The number of carbonyl (C=O) groups excluding carboxylic acids is 1. The summed E-state index contributed by atoms with van der Waals surface area (Å²) in [6.45, 7) is 6.96. The van der Waals surface area contributed by atoms with Crippen molar-refractivity contribution < 1.29 is 22.2 Å². The fourth-order valence-corrected chi connectivity index (χ4v) is 6.65. The van der Waals surface area contributed by atoms with Crippen molar-refractivity contribution in [1.29, 1.82) is 0 Å². The van der Waals surface area contributed by atoms with Gasteiger partial charge >= 0.3 is 5.97 Å². The molecule has 2 N–H and O–H groups in total. The number of aliphatic hydroxyl groups is 1. The molecular formula is C32H37NO4. The lowest BCUT2D eigenvalue weighted by Gasteiger charge is -2.25. The highest BCUT2D eigenvalue weighted by atomic mass is 16.6. The Kier molecular flexibility index (Phi) is 6.03. The van der Waals surface area contributed by atoms with Crippen molar-refractivity contribution >= 4 is 5.97 Å². The van der Waals surface area contributed by atoms with E-state index in [4.69, 9.17) is 9.47 Å². The van der Waals surface area contributed by atoms with Gasteiger partial charge in [0.05, 0.1) is 12.2 Å². The molecule has 3 aromatic rings. The molecule has 194 valence electrons. The molecule has 2 unspecified atom stereocenters. The maximum Gasteiger partial charge on any atom is 0.338 e. The summed E-state index contributed by atoms with van der Waals surface area (Å²) in [6.07, 6.45) is 5.86. The Morgan fingerprint density at radius 2 is 2.03 bits per heavy atom. The Morgan fingerprint density at radius 3 is 2.84 bits per heavy atom. The molecule has 0 fully saturated rings. The van der Waals surface area contributed by atoms with E-state index in [-0.39, 0.29) is 21.3 Å². The second-order valence-electron chi connectivity index (χ2n) is 10.5. The molecular weight excluding hydrogens is 462 g/mol. The van der Waals surface area contributed by atoms with Crippen LogP contribution in [0.5, 0.6) is 0 Å². The minimum atomic E-state index is -1.12. The fourth-order valence-electron chi connectivity index (χ4n) is 6.65. The number of hydrogen-bond donors (Lipinski definition) is 2. The number of unbranched alkanes of at least 4 members (excludes halogenated alkanes) is 1. The summed E-state index contributed by atoms with van der Waals surface area (Å²) in [7, 11) is 1.59. The van der Waals surface area contributed by atoms with E-state index < -0.39 is 5.72 Å². The van der Waals surface area contributed by atoms with Crippen molar-refractivity contribution in [2.45, 2.75) is 50.8 Å². The number of rotatable bonds is 8. The Morgan fingerprint density at radius 1 is 1.19 bits per heavy atom. The minimum Gasteiger partial charge on any atom is -0.460 e. The van der Waals surface area contributed by atoms with Crippen molar-refractivity contribution in [1.82, 2.24) is 5.32 Å². The number of benzene rings is 3. The van der Waals surface area contributed by atoms with Crippen molar-refractivity contribution in [2.75, 3.05) is 20.3 Å². The molecule has 0 saturated heterocycles. The molecule has 0 radical (unpaired) electrons. The molecule has 5 heteroatoms. The molecule has 37 heavy (non-hydrogen) atoms. The van der Waals surface area contributed by atoms with Crippen LogP contribution in [-0.2, 0) is 28.2 Å². The number of hydrogen-bond acceptors (Lipinski definition) is 5. The standard InChI is InChI=1S/C32H33NO4.2H2/c1-4-5-6-11-23-22-13-12-20(31(34)37-15-14-36-3)17-24(22)28-26-18-33-32(2,35)30(26)29-21-10-8-7-9-19(21)16-25(29)27(23)28;;/h4,7-10,12-13,17,23,33,35H,1,5-6,11,14-16,18H2,2-3H3;2*1H. The van der Waals surface area contributed by atoms with Crippen LogP contribution in [0.15, 0.2) is 55.1 Å². The van der Waals surface area contributed by atoms with Gasteiger partial charge in [-0.05, 0) is 94.8 Å². The van der Waals surface area contributed by atoms with Crippen LogP contribution in [0.4, 0.5) is 0 Å². The summed E-state index contributed by atoms with van der Waals surface area (Å²) in [4.78, 5) is 12.9. The largest absolute Gasteiger partial charge is 0.460 e. The second-order valence-corrected chi connectivity index (χ2v) is 10.5. The topological polar surface area (TPSA) is 67.8 Å². The number of fused-ring (bicyclic) bond motifs is 10. The quantitative estimate of drug-likeness (QED) is 0.169. The van der Waals surface area contributed by atoms with Crippen molar-refractivity contribution in [3.8, 4) is 22.3 Å². The third-order valence-electron chi connectivity index (χ3n) is 8.20. The van der Waals surface area contributed by atoms with E-state index in [9.17, 15) is 9.90 Å². The van der Waals surface area contributed by atoms with Gasteiger partial charge in [0.25, 0.3) is 0 Å². The van der Waals surface area contributed by atoms with Gasteiger partial charge in [-0.15, -0.1) is 6.58 Å². The van der Waals surface area contributed by atoms with E-state index in [1.807, 2.05) is 25.1 Å². The SMILES string of the molecule is C=CCCCC1c2ccc(C(=O)OCCOC)cc2-c2c3c(c4c(c21)Cc1ccccc1-4)C(C)(O)NC3.[HH].[HH]. The highest BCUT2D eigenvalue weighted by Crippen LogP contribution is 2.58. The molecule has 1 aliphatic heterocycles.